The maximum absolute atomic E-state index is 13.8. The van der Waals surface area contributed by atoms with Crippen LogP contribution in [0.4, 0.5) is 18.9 Å². The SMILES string of the molecule is CCCNC1CCN(c2c(F)cc(F)cc2F)CC1C. The third-order valence-electron chi connectivity index (χ3n) is 3.86. The van der Waals surface area contributed by atoms with Crippen LogP contribution < -0.4 is 10.2 Å². The van der Waals surface area contributed by atoms with Crippen LogP contribution in [-0.4, -0.2) is 25.7 Å². The first-order chi connectivity index (χ1) is 9.52. The Morgan fingerprint density at radius 1 is 1.25 bits per heavy atom. The minimum atomic E-state index is -0.878. The first-order valence-electron chi connectivity index (χ1n) is 7.15. The van der Waals surface area contributed by atoms with Crippen LogP contribution in [0.3, 0.4) is 0 Å². The molecule has 20 heavy (non-hydrogen) atoms. The van der Waals surface area contributed by atoms with Crippen molar-refractivity contribution in [3.8, 4) is 0 Å². The molecule has 1 aliphatic rings. The summed E-state index contributed by atoms with van der Waals surface area (Å²) in [6, 6.07) is 1.85. The molecule has 0 saturated carbocycles. The van der Waals surface area contributed by atoms with Crippen LogP contribution in [0.2, 0.25) is 0 Å². The van der Waals surface area contributed by atoms with Crippen molar-refractivity contribution in [3.63, 3.8) is 0 Å². The third kappa shape index (κ3) is 3.26. The number of nitrogens with zero attached hydrogens (tertiary/aromatic N) is 1. The van der Waals surface area contributed by atoms with E-state index in [9.17, 15) is 13.2 Å². The molecule has 2 rings (SSSR count). The van der Waals surface area contributed by atoms with Gasteiger partial charge in [0.1, 0.15) is 11.5 Å². The Hall–Kier alpha value is -1.23. The Kier molecular flexibility index (Phi) is 4.91. The molecule has 1 heterocycles. The number of anilines is 1. The summed E-state index contributed by atoms with van der Waals surface area (Å²) >= 11 is 0. The van der Waals surface area contributed by atoms with E-state index < -0.39 is 17.5 Å². The summed E-state index contributed by atoms with van der Waals surface area (Å²) in [5, 5.41) is 3.46. The van der Waals surface area contributed by atoms with Crippen molar-refractivity contribution in [2.75, 3.05) is 24.5 Å². The van der Waals surface area contributed by atoms with Crippen molar-refractivity contribution < 1.29 is 13.2 Å². The van der Waals surface area contributed by atoms with Crippen molar-refractivity contribution in [1.82, 2.24) is 5.32 Å². The number of hydrogen-bond acceptors (Lipinski definition) is 2. The predicted octanol–water partition coefficient (Wildman–Crippen LogP) is 3.32. The fourth-order valence-electron chi connectivity index (χ4n) is 2.82. The lowest BCUT2D eigenvalue weighted by Crippen LogP contribution is -2.49. The van der Waals surface area contributed by atoms with Crippen LogP contribution in [0.5, 0.6) is 0 Å². The van der Waals surface area contributed by atoms with Crippen molar-refractivity contribution in [3.05, 3.63) is 29.6 Å². The molecule has 1 saturated heterocycles. The van der Waals surface area contributed by atoms with E-state index in [-0.39, 0.29) is 5.69 Å². The maximum atomic E-state index is 13.8. The first-order valence-corrected chi connectivity index (χ1v) is 7.15. The topological polar surface area (TPSA) is 15.3 Å². The monoisotopic (exact) mass is 286 g/mol. The Morgan fingerprint density at radius 3 is 2.45 bits per heavy atom. The lowest BCUT2D eigenvalue weighted by molar-refractivity contribution is 0.319. The second kappa shape index (κ2) is 6.48. The van der Waals surface area contributed by atoms with Crippen LogP contribution in [0.15, 0.2) is 12.1 Å². The Morgan fingerprint density at radius 2 is 1.90 bits per heavy atom. The largest absolute Gasteiger partial charge is 0.366 e. The fourth-order valence-corrected chi connectivity index (χ4v) is 2.82. The lowest BCUT2D eigenvalue weighted by Gasteiger charge is -2.39. The van der Waals surface area contributed by atoms with Gasteiger partial charge < -0.3 is 10.2 Å². The summed E-state index contributed by atoms with van der Waals surface area (Å²) in [5.41, 5.74) is -0.104. The van der Waals surface area contributed by atoms with E-state index in [1.807, 2.05) is 0 Å². The van der Waals surface area contributed by atoms with Gasteiger partial charge in [0, 0.05) is 31.3 Å². The number of rotatable bonds is 4. The molecule has 0 amide bonds. The van der Waals surface area contributed by atoms with Gasteiger partial charge in [-0.2, -0.15) is 0 Å². The standard InChI is InChI=1S/C15H21F3N2/c1-3-5-19-14-4-6-20(9-10(14)2)15-12(17)7-11(16)8-13(15)18/h7-8,10,14,19H,3-6,9H2,1-2H3. The summed E-state index contributed by atoms with van der Waals surface area (Å²) in [7, 11) is 0. The van der Waals surface area contributed by atoms with Gasteiger partial charge in [-0.3, -0.25) is 0 Å². The molecule has 0 radical (unpaired) electrons. The molecule has 1 aliphatic heterocycles. The van der Waals surface area contributed by atoms with Gasteiger partial charge in [0.15, 0.2) is 11.6 Å². The quantitative estimate of drug-likeness (QED) is 0.913. The molecule has 1 fully saturated rings. The number of nitrogens with one attached hydrogen (secondary N) is 1. The Bertz CT molecular complexity index is 441. The normalized spacial score (nSPS) is 23.1. The van der Waals surface area contributed by atoms with Crippen molar-refractivity contribution >= 4 is 5.69 Å². The Labute approximate surface area is 118 Å². The van der Waals surface area contributed by atoms with E-state index in [2.05, 4.69) is 19.2 Å². The molecule has 112 valence electrons. The van der Waals surface area contributed by atoms with Crippen molar-refractivity contribution in [2.45, 2.75) is 32.7 Å². The minimum absolute atomic E-state index is 0.104. The number of piperidine rings is 1. The number of hydrogen-bond donors (Lipinski definition) is 1. The average molecular weight is 286 g/mol. The van der Waals surface area contributed by atoms with E-state index in [1.165, 1.54) is 0 Å². The van der Waals surface area contributed by atoms with Gasteiger partial charge in [-0.25, -0.2) is 13.2 Å². The van der Waals surface area contributed by atoms with Crippen molar-refractivity contribution in [2.24, 2.45) is 5.92 Å². The molecule has 2 nitrogen and oxygen atoms in total. The van der Waals surface area contributed by atoms with E-state index >= 15 is 0 Å². The third-order valence-corrected chi connectivity index (χ3v) is 3.86. The van der Waals surface area contributed by atoms with Gasteiger partial charge in [-0.15, -0.1) is 0 Å². The highest BCUT2D eigenvalue weighted by atomic mass is 19.1. The second-order valence-corrected chi connectivity index (χ2v) is 5.49. The van der Waals surface area contributed by atoms with Crippen molar-refractivity contribution in [1.29, 1.82) is 0 Å². The second-order valence-electron chi connectivity index (χ2n) is 5.49. The van der Waals surface area contributed by atoms with Crippen LogP contribution in [0.25, 0.3) is 0 Å². The molecular formula is C15H21F3N2. The van der Waals surface area contributed by atoms with Crippen LogP contribution in [0, 0.1) is 23.4 Å². The summed E-state index contributed by atoms with van der Waals surface area (Å²) < 4.78 is 40.5. The van der Waals surface area contributed by atoms with Gasteiger partial charge in [-0.1, -0.05) is 13.8 Å². The highest BCUT2D eigenvalue weighted by Gasteiger charge is 2.28. The lowest BCUT2D eigenvalue weighted by atomic mass is 9.93. The van der Waals surface area contributed by atoms with Crippen LogP contribution in [-0.2, 0) is 0 Å². The maximum Gasteiger partial charge on any atom is 0.152 e. The zero-order valence-electron chi connectivity index (χ0n) is 11.9. The van der Waals surface area contributed by atoms with Gasteiger partial charge in [-0.05, 0) is 25.3 Å². The van der Waals surface area contributed by atoms with E-state index in [0.29, 0.717) is 25.0 Å². The van der Waals surface area contributed by atoms with Gasteiger partial charge in [0.05, 0.1) is 0 Å². The van der Waals surface area contributed by atoms with Crippen LogP contribution >= 0.6 is 0 Å². The zero-order chi connectivity index (χ0) is 14.7. The molecule has 0 aliphatic carbocycles. The van der Waals surface area contributed by atoms with E-state index in [0.717, 1.165) is 31.5 Å². The van der Waals surface area contributed by atoms with E-state index in [4.69, 9.17) is 0 Å². The molecule has 5 heteroatoms. The molecule has 1 aromatic rings. The van der Waals surface area contributed by atoms with Crippen LogP contribution in [0.1, 0.15) is 26.7 Å². The van der Waals surface area contributed by atoms with Gasteiger partial charge in [0.2, 0.25) is 0 Å². The minimum Gasteiger partial charge on any atom is -0.366 e. The Balaban J connectivity index is 2.09. The van der Waals surface area contributed by atoms with Gasteiger partial charge in [0.25, 0.3) is 0 Å². The van der Waals surface area contributed by atoms with Gasteiger partial charge >= 0.3 is 0 Å². The molecule has 1 aromatic carbocycles. The first kappa shape index (κ1) is 15.2. The molecular weight excluding hydrogens is 265 g/mol. The summed E-state index contributed by atoms with van der Waals surface area (Å²) in [5.74, 6) is -2.24. The smallest absolute Gasteiger partial charge is 0.152 e. The highest BCUT2D eigenvalue weighted by Crippen LogP contribution is 2.29. The van der Waals surface area contributed by atoms with E-state index in [1.54, 1.807) is 4.90 Å². The summed E-state index contributed by atoms with van der Waals surface area (Å²) in [6.45, 7) is 6.27. The molecule has 0 aromatic heterocycles. The number of benzene rings is 1. The zero-order valence-corrected chi connectivity index (χ0v) is 11.9. The predicted molar refractivity (Wildman–Crippen MR) is 74.4 cm³/mol. The highest BCUT2D eigenvalue weighted by molar-refractivity contribution is 5.50. The number of halogens is 3. The fraction of sp³-hybridized carbons (Fsp3) is 0.600. The molecule has 1 N–H and O–H groups in total. The molecule has 2 unspecified atom stereocenters. The molecule has 0 bridgehead atoms. The molecule has 2 atom stereocenters. The summed E-state index contributed by atoms with van der Waals surface area (Å²) in [6.07, 6.45) is 1.89. The average Bonchev–Trinajstić information content (AvgIpc) is 2.36. The molecule has 0 spiro atoms. The summed E-state index contributed by atoms with van der Waals surface area (Å²) in [4.78, 5) is 1.68.